The maximum atomic E-state index is 12.0. The molecule has 6 nitrogen and oxygen atoms in total. The number of rotatable bonds is 5. The summed E-state index contributed by atoms with van der Waals surface area (Å²) in [6.45, 7) is 0. The van der Waals surface area contributed by atoms with Gasteiger partial charge in [0.05, 0.1) is 24.8 Å². The van der Waals surface area contributed by atoms with Crippen LogP contribution in [0.3, 0.4) is 0 Å². The summed E-state index contributed by atoms with van der Waals surface area (Å²) in [6.07, 6.45) is 3.68. The van der Waals surface area contributed by atoms with Crippen molar-refractivity contribution in [2.24, 2.45) is 10.2 Å². The predicted molar refractivity (Wildman–Crippen MR) is 90.0 cm³/mol. The van der Waals surface area contributed by atoms with Gasteiger partial charge in [0.1, 0.15) is 11.5 Å². The number of hydrogen-bond acceptors (Lipinski definition) is 6. The van der Waals surface area contributed by atoms with Crippen molar-refractivity contribution in [1.82, 2.24) is 5.32 Å². The van der Waals surface area contributed by atoms with Gasteiger partial charge in [-0.1, -0.05) is 23.9 Å². The fraction of sp³-hybridized carbons (Fsp3) is 0.188. The number of benzene rings is 1. The highest BCUT2D eigenvalue weighted by Crippen LogP contribution is 2.24. The molecule has 0 radical (unpaired) electrons. The fourth-order valence-corrected chi connectivity index (χ4v) is 3.03. The Morgan fingerprint density at radius 2 is 2.17 bits per heavy atom. The summed E-state index contributed by atoms with van der Waals surface area (Å²) in [5.41, 5.74) is 1.07. The molecule has 23 heavy (non-hydrogen) atoms. The maximum Gasteiger partial charge on any atom is 0.239 e. The molecule has 0 unspecified atom stereocenters. The number of ether oxygens (including phenoxy) is 1. The van der Waals surface area contributed by atoms with E-state index in [1.807, 2.05) is 24.3 Å². The van der Waals surface area contributed by atoms with Crippen LogP contribution in [0.4, 0.5) is 0 Å². The Kier molecular flexibility index (Phi) is 4.77. The van der Waals surface area contributed by atoms with Crippen LogP contribution in [0.25, 0.3) is 0 Å². The number of nitrogens with one attached hydrogen (secondary N) is 1. The number of carbonyl (C=O) groups is 1. The first-order chi connectivity index (χ1) is 11.2. The third-order valence-corrected chi connectivity index (χ3v) is 4.31. The van der Waals surface area contributed by atoms with Crippen molar-refractivity contribution in [3.8, 4) is 5.75 Å². The minimum absolute atomic E-state index is 0.0576. The van der Waals surface area contributed by atoms with Crippen molar-refractivity contribution in [2.75, 3.05) is 7.11 Å². The van der Waals surface area contributed by atoms with E-state index in [0.29, 0.717) is 17.3 Å². The highest BCUT2D eigenvalue weighted by Gasteiger charge is 2.30. The zero-order valence-corrected chi connectivity index (χ0v) is 13.2. The number of hydrogen-bond donors (Lipinski definition) is 1. The van der Waals surface area contributed by atoms with Gasteiger partial charge in [-0.2, -0.15) is 5.10 Å². The molecular formula is C16H15N3O3S. The van der Waals surface area contributed by atoms with Gasteiger partial charge in [0, 0.05) is 0 Å². The number of nitrogens with zero attached hydrogens (tertiary/aromatic N) is 2. The van der Waals surface area contributed by atoms with E-state index in [0.717, 1.165) is 11.3 Å². The zero-order valence-electron chi connectivity index (χ0n) is 12.4. The van der Waals surface area contributed by atoms with Crippen molar-refractivity contribution in [2.45, 2.75) is 11.7 Å². The van der Waals surface area contributed by atoms with Gasteiger partial charge >= 0.3 is 0 Å². The van der Waals surface area contributed by atoms with Gasteiger partial charge in [-0.05, 0) is 36.2 Å². The van der Waals surface area contributed by atoms with Gasteiger partial charge in [-0.25, -0.2) is 0 Å². The average Bonchev–Trinajstić information content (AvgIpc) is 3.19. The largest absolute Gasteiger partial charge is 0.497 e. The Bertz CT molecular complexity index is 724. The number of methoxy groups -OCH3 is 1. The second-order valence-corrected chi connectivity index (χ2v) is 6.00. The Labute approximate surface area is 137 Å². The number of carbonyl (C=O) groups excluding carboxylic acids is 1. The van der Waals surface area contributed by atoms with Crippen LogP contribution < -0.4 is 10.1 Å². The fourth-order valence-electron chi connectivity index (χ4n) is 2.07. The van der Waals surface area contributed by atoms with Gasteiger partial charge in [0.2, 0.25) is 5.91 Å². The third-order valence-electron chi connectivity index (χ3n) is 3.23. The predicted octanol–water partition coefficient (Wildman–Crippen LogP) is 2.45. The molecular weight excluding hydrogens is 314 g/mol. The molecule has 1 saturated heterocycles. The summed E-state index contributed by atoms with van der Waals surface area (Å²) in [7, 11) is 1.63. The Morgan fingerprint density at radius 3 is 2.87 bits per heavy atom. The smallest absolute Gasteiger partial charge is 0.239 e. The first-order valence-corrected chi connectivity index (χ1v) is 7.87. The first kappa shape index (κ1) is 15.4. The lowest BCUT2D eigenvalue weighted by molar-refractivity contribution is -0.118. The van der Waals surface area contributed by atoms with Crippen molar-refractivity contribution in [3.05, 3.63) is 54.0 Å². The highest BCUT2D eigenvalue weighted by atomic mass is 32.2. The molecule has 0 bridgehead atoms. The second kappa shape index (κ2) is 7.15. The van der Waals surface area contributed by atoms with Crippen molar-refractivity contribution >= 4 is 29.1 Å². The SMILES string of the molecule is COc1ccc(C[C@H]2S/C(=N/N=Cc3ccco3)NC2=O)cc1. The first-order valence-electron chi connectivity index (χ1n) is 6.99. The molecule has 0 spiro atoms. The summed E-state index contributed by atoms with van der Waals surface area (Å²) in [5.74, 6) is 1.35. The normalized spacial score (nSPS) is 19.4. The summed E-state index contributed by atoms with van der Waals surface area (Å²) < 4.78 is 10.2. The molecule has 2 heterocycles. The Hall–Kier alpha value is -2.54. The molecule has 1 amide bonds. The van der Waals surface area contributed by atoms with E-state index in [-0.39, 0.29) is 11.2 Å². The van der Waals surface area contributed by atoms with E-state index in [4.69, 9.17) is 9.15 Å². The van der Waals surface area contributed by atoms with Crippen LogP contribution in [0.2, 0.25) is 0 Å². The molecule has 1 aliphatic rings. The van der Waals surface area contributed by atoms with E-state index in [1.165, 1.54) is 18.0 Å². The monoisotopic (exact) mass is 329 g/mol. The summed E-state index contributed by atoms with van der Waals surface area (Å²) >= 11 is 1.37. The number of thioether (sulfide) groups is 1. The van der Waals surface area contributed by atoms with Crippen LogP contribution in [0, 0.1) is 0 Å². The van der Waals surface area contributed by atoms with Crippen LogP contribution in [0.1, 0.15) is 11.3 Å². The van der Waals surface area contributed by atoms with E-state index in [1.54, 1.807) is 25.5 Å². The standard InChI is InChI=1S/C16H15N3O3S/c1-21-12-6-4-11(5-7-12)9-14-15(20)18-16(23-14)19-17-10-13-3-2-8-22-13/h2-8,10,14H,9H2,1H3,(H,18,19,20)/t14-/m1/s1. The molecule has 0 aliphatic carbocycles. The molecule has 1 fully saturated rings. The topological polar surface area (TPSA) is 76.2 Å². The van der Waals surface area contributed by atoms with Gasteiger partial charge in [0.25, 0.3) is 0 Å². The minimum atomic E-state index is -0.207. The lowest BCUT2D eigenvalue weighted by Crippen LogP contribution is -2.25. The van der Waals surface area contributed by atoms with Crippen LogP contribution in [-0.2, 0) is 11.2 Å². The van der Waals surface area contributed by atoms with Crippen molar-refractivity contribution < 1.29 is 13.9 Å². The van der Waals surface area contributed by atoms with Crippen molar-refractivity contribution in [3.63, 3.8) is 0 Å². The minimum Gasteiger partial charge on any atom is -0.497 e. The number of amidine groups is 1. The van der Waals surface area contributed by atoms with Gasteiger partial charge in [-0.3, -0.25) is 4.79 Å². The molecule has 1 N–H and O–H groups in total. The zero-order chi connectivity index (χ0) is 16.1. The van der Waals surface area contributed by atoms with Crippen LogP contribution in [-0.4, -0.2) is 29.6 Å². The molecule has 2 aromatic rings. The summed E-state index contributed by atoms with van der Waals surface area (Å²) in [5, 5.41) is 10.9. The van der Waals surface area contributed by atoms with E-state index in [9.17, 15) is 4.79 Å². The molecule has 3 rings (SSSR count). The molecule has 1 atom stereocenters. The van der Waals surface area contributed by atoms with E-state index < -0.39 is 0 Å². The quantitative estimate of drug-likeness (QED) is 0.675. The average molecular weight is 329 g/mol. The van der Waals surface area contributed by atoms with Gasteiger partial charge in [0.15, 0.2) is 5.17 Å². The number of amides is 1. The summed E-state index contributed by atoms with van der Waals surface area (Å²) in [6, 6.07) is 11.2. The molecule has 118 valence electrons. The Morgan fingerprint density at radius 1 is 1.35 bits per heavy atom. The molecule has 7 heteroatoms. The van der Waals surface area contributed by atoms with Crippen LogP contribution >= 0.6 is 11.8 Å². The molecule has 1 aromatic heterocycles. The van der Waals surface area contributed by atoms with Crippen LogP contribution in [0.5, 0.6) is 5.75 Å². The van der Waals surface area contributed by atoms with E-state index in [2.05, 4.69) is 15.5 Å². The van der Waals surface area contributed by atoms with Crippen molar-refractivity contribution in [1.29, 1.82) is 0 Å². The molecule has 0 saturated carbocycles. The van der Waals surface area contributed by atoms with Crippen LogP contribution in [0.15, 0.2) is 57.3 Å². The lowest BCUT2D eigenvalue weighted by Gasteiger charge is -2.06. The van der Waals surface area contributed by atoms with Gasteiger partial charge < -0.3 is 14.5 Å². The molecule has 1 aliphatic heterocycles. The van der Waals surface area contributed by atoms with Gasteiger partial charge in [-0.15, -0.1) is 5.10 Å². The second-order valence-electron chi connectivity index (χ2n) is 4.81. The number of furan rings is 1. The Balaban J connectivity index is 1.60. The highest BCUT2D eigenvalue weighted by molar-refractivity contribution is 8.15. The maximum absolute atomic E-state index is 12.0. The molecule has 1 aromatic carbocycles. The van der Waals surface area contributed by atoms with E-state index >= 15 is 0 Å². The third kappa shape index (κ3) is 4.01. The summed E-state index contributed by atoms with van der Waals surface area (Å²) in [4.78, 5) is 12.0. The lowest BCUT2D eigenvalue weighted by atomic mass is 10.1.